The Bertz CT molecular complexity index is 258. The first-order valence-electron chi connectivity index (χ1n) is 4.35. The van der Waals surface area contributed by atoms with Crippen molar-refractivity contribution in [2.24, 2.45) is 0 Å². The van der Waals surface area contributed by atoms with Crippen molar-refractivity contribution in [2.75, 3.05) is 6.61 Å². The maximum atomic E-state index is 5.42. The summed E-state index contributed by atoms with van der Waals surface area (Å²) in [6.07, 6.45) is 4.69. The third-order valence-corrected chi connectivity index (χ3v) is 1.95. The van der Waals surface area contributed by atoms with E-state index < -0.39 is 0 Å². The second-order valence-electron chi connectivity index (χ2n) is 2.71. The molecule has 0 N–H and O–H groups in total. The summed E-state index contributed by atoms with van der Waals surface area (Å²) in [4.78, 5) is 4.11. The van der Waals surface area contributed by atoms with E-state index in [9.17, 15) is 0 Å². The lowest BCUT2D eigenvalue weighted by molar-refractivity contribution is 0.336. The third kappa shape index (κ3) is 1.76. The van der Waals surface area contributed by atoms with Crippen LogP contribution in [0.5, 0.6) is 5.75 Å². The molecule has 0 aliphatic carbocycles. The number of hydrogen-bond acceptors (Lipinski definition) is 2. The highest BCUT2D eigenvalue weighted by atomic mass is 16.5. The van der Waals surface area contributed by atoms with Crippen LogP contribution in [0.4, 0.5) is 0 Å². The highest BCUT2D eigenvalue weighted by molar-refractivity contribution is 5.35. The van der Waals surface area contributed by atoms with Gasteiger partial charge in [0.1, 0.15) is 5.75 Å². The molecule has 1 aromatic heterocycles. The number of nitrogens with zero attached hydrogens (tertiary/aromatic N) is 1. The number of pyridine rings is 1. The molecule has 0 saturated heterocycles. The molecular weight excluding hydrogens is 150 g/mol. The summed E-state index contributed by atoms with van der Waals surface area (Å²) < 4.78 is 5.42. The minimum absolute atomic E-state index is 0.704. The maximum absolute atomic E-state index is 5.42. The molecule has 66 valence electrons. The molecule has 2 nitrogen and oxygen atoms in total. The fourth-order valence-electron chi connectivity index (χ4n) is 1.20. The predicted octanol–water partition coefficient (Wildman–Crippen LogP) is 2.35. The van der Waals surface area contributed by atoms with Crippen LogP contribution in [0.1, 0.15) is 25.0 Å². The monoisotopic (exact) mass is 165 g/mol. The summed E-state index contributed by atoms with van der Waals surface area (Å²) in [5.41, 5.74) is 2.48. The molecule has 0 saturated carbocycles. The molecular formula is C10H15NO. The zero-order valence-corrected chi connectivity index (χ0v) is 7.92. The van der Waals surface area contributed by atoms with Gasteiger partial charge in [0.2, 0.25) is 0 Å². The van der Waals surface area contributed by atoms with Gasteiger partial charge in [-0.1, -0.05) is 6.92 Å². The average molecular weight is 165 g/mol. The Kier molecular flexibility index (Phi) is 3.09. The van der Waals surface area contributed by atoms with Crippen LogP contribution >= 0.6 is 0 Å². The fraction of sp³-hybridized carbons (Fsp3) is 0.500. The van der Waals surface area contributed by atoms with Gasteiger partial charge < -0.3 is 4.74 Å². The number of rotatable bonds is 3. The maximum Gasteiger partial charge on any atom is 0.140 e. The third-order valence-electron chi connectivity index (χ3n) is 1.95. The molecule has 2 heteroatoms. The fourth-order valence-corrected chi connectivity index (χ4v) is 1.20. The summed E-state index contributed by atoms with van der Waals surface area (Å²) in [5, 5.41) is 0. The van der Waals surface area contributed by atoms with Crippen LogP contribution in [0.15, 0.2) is 12.4 Å². The zero-order valence-electron chi connectivity index (χ0n) is 7.92. The Morgan fingerprint density at radius 2 is 2.08 bits per heavy atom. The van der Waals surface area contributed by atoms with Gasteiger partial charge >= 0.3 is 0 Å². The van der Waals surface area contributed by atoms with Crippen molar-refractivity contribution < 1.29 is 4.74 Å². The lowest BCUT2D eigenvalue weighted by Gasteiger charge is -2.08. The molecule has 0 aliphatic heterocycles. The van der Waals surface area contributed by atoms with E-state index in [1.54, 1.807) is 6.20 Å². The topological polar surface area (TPSA) is 22.1 Å². The van der Waals surface area contributed by atoms with E-state index in [-0.39, 0.29) is 0 Å². The Balaban J connectivity index is 2.97. The number of aromatic nitrogens is 1. The summed E-state index contributed by atoms with van der Waals surface area (Å²) in [7, 11) is 0. The van der Waals surface area contributed by atoms with Crippen molar-refractivity contribution in [1.29, 1.82) is 0 Å². The van der Waals surface area contributed by atoms with Gasteiger partial charge in [-0.2, -0.15) is 0 Å². The molecule has 12 heavy (non-hydrogen) atoms. The predicted molar refractivity (Wildman–Crippen MR) is 49.5 cm³/mol. The van der Waals surface area contributed by atoms with Crippen LogP contribution in [0.2, 0.25) is 0 Å². The Hall–Kier alpha value is -1.05. The lowest BCUT2D eigenvalue weighted by Crippen LogP contribution is -1.97. The van der Waals surface area contributed by atoms with Gasteiger partial charge in [0, 0.05) is 6.20 Å². The first-order chi connectivity index (χ1) is 5.79. The first-order valence-corrected chi connectivity index (χ1v) is 4.35. The van der Waals surface area contributed by atoms with Crippen LogP contribution < -0.4 is 4.74 Å². The lowest BCUT2D eigenvalue weighted by atomic mass is 10.1. The highest BCUT2D eigenvalue weighted by Crippen LogP contribution is 2.19. The van der Waals surface area contributed by atoms with Gasteiger partial charge in [-0.25, -0.2) is 0 Å². The molecule has 1 heterocycles. The Labute approximate surface area is 73.6 Å². The molecule has 0 unspecified atom stereocenters. The minimum Gasteiger partial charge on any atom is -0.492 e. The van der Waals surface area contributed by atoms with E-state index in [1.165, 1.54) is 11.1 Å². The van der Waals surface area contributed by atoms with Gasteiger partial charge in [-0.15, -0.1) is 0 Å². The summed E-state index contributed by atoms with van der Waals surface area (Å²) in [5.74, 6) is 0.914. The molecule has 0 aromatic carbocycles. The van der Waals surface area contributed by atoms with Crippen LogP contribution in [0, 0.1) is 6.92 Å². The summed E-state index contributed by atoms with van der Waals surface area (Å²) in [6, 6.07) is 0. The quantitative estimate of drug-likeness (QED) is 0.686. The van der Waals surface area contributed by atoms with E-state index in [1.807, 2.05) is 13.1 Å². The number of aryl methyl sites for hydroxylation is 1. The summed E-state index contributed by atoms with van der Waals surface area (Å²) >= 11 is 0. The van der Waals surface area contributed by atoms with E-state index in [2.05, 4.69) is 18.8 Å². The van der Waals surface area contributed by atoms with Crippen LogP contribution in [0.3, 0.4) is 0 Å². The van der Waals surface area contributed by atoms with Gasteiger partial charge in [-0.05, 0) is 31.4 Å². The van der Waals surface area contributed by atoms with Gasteiger partial charge in [0.15, 0.2) is 0 Å². The molecule has 1 aromatic rings. The Morgan fingerprint density at radius 1 is 1.33 bits per heavy atom. The Morgan fingerprint density at radius 3 is 2.67 bits per heavy atom. The second-order valence-corrected chi connectivity index (χ2v) is 2.71. The van der Waals surface area contributed by atoms with Crippen LogP contribution in [-0.2, 0) is 6.42 Å². The van der Waals surface area contributed by atoms with Crippen molar-refractivity contribution in [1.82, 2.24) is 4.98 Å². The van der Waals surface area contributed by atoms with Crippen molar-refractivity contribution >= 4 is 0 Å². The van der Waals surface area contributed by atoms with Crippen LogP contribution in [0.25, 0.3) is 0 Å². The summed E-state index contributed by atoms with van der Waals surface area (Å²) in [6.45, 7) is 6.89. The van der Waals surface area contributed by atoms with E-state index in [0.717, 1.165) is 12.2 Å². The largest absolute Gasteiger partial charge is 0.492 e. The van der Waals surface area contributed by atoms with E-state index in [0.29, 0.717) is 6.61 Å². The average Bonchev–Trinajstić information content (AvgIpc) is 2.09. The van der Waals surface area contributed by atoms with Crippen molar-refractivity contribution in [3.8, 4) is 5.75 Å². The normalized spacial score (nSPS) is 9.92. The van der Waals surface area contributed by atoms with Crippen LogP contribution in [-0.4, -0.2) is 11.6 Å². The molecule has 0 bridgehead atoms. The molecule has 0 fully saturated rings. The van der Waals surface area contributed by atoms with Crippen molar-refractivity contribution in [3.05, 3.63) is 23.5 Å². The SMILES string of the molecule is CCOc1cncc(CC)c1C. The molecule has 0 aliphatic rings. The molecule has 0 amide bonds. The smallest absolute Gasteiger partial charge is 0.140 e. The molecule has 0 spiro atoms. The zero-order chi connectivity index (χ0) is 8.97. The van der Waals surface area contributed by atoms with Crippen molar-refractivity contribution in [3.63, 3.8) is 0 Å². The molecule has 1 rings (SSSR count). The number of ether oxygens (including phenoxy) is 1. The van der Waals surface area contributed by atoms with Gasteiger partial charge in [0.25, 0.3) is 0 Å². The molecule has 0 atom stereocenters. The van der Waals surface area contributed by atoms with E-state index >= 15 is 0 Å². The van der Waals surface area contributed by atoms with E-state index in [4.69, 9.17) is 4.74 Å². The van der Waals surface area contributed by atoms with Gasteiger partial charge in [-0.3, -0.25) is 4.98 Å². The van der Waals surface area contributed by atoms with Gasteiger partial charge in [0.05, 0.1) is 12.8 Å². The standard InChI is InChI=1S/C10H15NO/c1-4-9-6-11-7-10(8(9)3)12-5-2/h6-7H,4-5H2,1-3H3. The van der Waals surface area contributed by atoms with Crippen molar-refractivity contribution in [2.45, 2.75) is 27.2 Å². The first kappa shape index (κ1) is 9.04. The number of hydrogen-bond donors (Lipinski definition) is 0. The molecule has 0 radical (unpaired) electrons. The highest BCUT2D eigenvalue weighted by Gasteiger charge is 2.02. The second kappa shape index (κ2) is 4.10. The minimum atomic E-state index is 0.704.